The smallest absolute Gasteiger partial charge is 0.265 e. The van der Waals surface area contributed by atoms with Crippen LogP contribution < -0.4 is 19.7 Å². The molecule has 1 unspecified atom stereocenters. The first kappa shape index (κ1) is 23.0. The molecule has 34 heavy (non-hydrogen) atoms. The number of nitrogens with one attached hydrogen (secondary N) is 1. The van der Waals surface area contributed by atoms with E-state index < -0.39 is 6.04 Å². The van der Waals surface area contributed by atoms with Crippen molar-refractivity contribution in [3.8, 4) is 11.5 Å². The Hall–Kier alpha value is -4.13. The van der Waals surface area contributed by atoms with Gasteiger partial charge in [0, 0.05) is 11.3 Å². The lowest BCUT2D eigenvalue weighted by Crippen LogP contribution is -2.49. The van der Waals surface area contributed by atoms with E-state index in [2.05, 4.69) is 5.32 Å². The molecule has 0 saturated carbocycles. The Kier molecular flexibility index (Phi) is 6.63. The fourth-order valence-corrected chi connectivity index (χ4v) is 3.76. The van der Waals surface area contributed by atoms with E-state index in [0.29, 0.717) is 28.4 Å². The zero-order valence-electron chi connectivity index (χ0n) is 19.3. The van der Waals surface area contributed by atoms with Crippen LogP contribution in [0.15, 0.2) is 66.7 Å². The van der Waals surface area contributed by atoms with Gasteiger partial charge in [-0.25, -0.2) is 0 Å². The molecular formula is C27H26N2O5. The van der Waals surface area contributed by atoms with E-state index in [0.717, 1.165) is 11.1 Å². The molecule has 0 spiro atoms. The topological polar surface area (TPSA) is 84.9 Å². The second-order valence-corrected chi connectivity index (χ2v) is 8.18. The molecule has 0 aliphatic carbocycles. The van der Waals surface area contributed by atoms with Gasteiger partial charge in [0.05, 0.1) is 5.69 Å². The number of hydrogen-bond acceptors (Lipinski definition) is 5. The number of ether oxygens (including phenoxy) is 2. The lowest BCUT2D eigenvalue weighted by Gasteiger charge is -2.33. The Morgan fingerprint density at radius 1 is 1.06 bits per heavy atom. The van der Waals surface area contributed by atoms with Crippen molar-refractivity contribution in [2.24, 2.45) is 0 Å². The number of Topliss-reactive ketones (excluding diaryl/α,β-unsaturated/α-hetero) is 1. The predicted molar refractivity (Wildman–Crippen MR) is 130 cm³/mol. The highest BCUT2D eigenvalue weighted by Crippen LogP contribution is 2.35. The molecule has 0 bridgehead atoms. The van der Waals surface area contributed by atoms with E-state index in [9.17, 15) is 14.4 Å². The Morgan fingerprint density at radius 2 is 1.82 bits per heavy atom. The zero-order chi connectivity index (χ0) is 24.2. The van der Waals surface area contributed by atoms with Crippen molar-refractivity contribution >= 4 is 29.0 Å². The van der Waals surface area contributed by atoms with Gasteiger partial charge in [0.2, 0.25) is 5.91 Å². The van der Waals surface area contributed by atoms with Gasteiger partial charge in [0.15, 0.2) is 19.0 Å². The molecule has 1 heterocycles. The first-order chi connectivity index (χ1) is 16.3. The molecule has 7 heteroatoms. The SMILES string of the molecule is Cc1cccc(OCC(=O)c2ccc3c(c2)N(C(C)C(=O)Nc2ccccc2)C(=O)CO3)c1C. The standard InChI is InChI=1S/C27H26N2O5/c1-17-8-7-11-24(18(17)2)33-15-23(30)20-12-13-25-22(14-20)29(26(31)16-34-25)19(3)27(32)28-21-9-5-4-6-10-21/h4-14,19H,15-16H2,1-3H3,(H,28,32). The molecule has 1 aliphatic rings. The van der Waals surface area contributed by atoms with Crippen molar-refractivity contribution in [1.29, 1.82) is 0 Å². The average Bonchev–Trinajstić information content (AvgIpc) is 2.84. The minimum absolute atomic E-state index is 0.151. The fourth-order valence-electron chi connectivity index (χ4n) is 3.76. The number of aryl methyl sites for hydroxylation is 1. The van der Waals surface area contributed by atoms with Gasteiger partial charge in [0.25, 0.3) is 5.91 Å². The molecule has 1 N–H and O–H groups in total. The predicted octanol–water partition coefficient (Wildman–Crippen LogP) is 4.32. The molecule has 0 radical (unpaired) electrons. The van der Waals surface area contributed by atoms with E-state index in [4.69, 9.17) is 9.47 Å². The number of fused-ring (bicyclic) bond motifs is 1. The average molecular weight is 459 g/mol. The van der Waals surface area contributed by atoms with E-state index in [1.807, 2.05) is 50.2 Å². The number of carbonyl (C=O) groups excluding carboxylic acids is 3. The summed E-state index contributed by atoms with van der Waals surface area (Å²) in [6.07, 6.45) is 0. The first-order valence-corrected chi connectivity index (χ1v) is 11.0. The summed E-state index contributed by atoms with van der Waals surface area (Å²) < 4.78 is 11.3. The molecule has 3 aromatic rings. The number of rotatable bonds is 7. The van der Waals surface area contributed by atoms with Crippen LogP contribution in [0.3, 0.4) is 0 Å². The van der Waals surface area contributed by atoms with Crippen LogP contribution in [-0.4, -0.2) is 36.9 Å². The third-order valence-electron chi connectivity index (χ3n) is 5.88. The summed E-state index contributed by atoms with van der Waals surface area (Å²) in [6.45, 7) is 5.23. The fraction of sp³-hybridized carbons (Fsp3) is 0.222. The summed E-state index contributed by atoms with van der Waals surface area (Å²) >= 11 is 0. The molecule has 2 amide bonds. The Balaban J connectivity index is 1.54. The molecule has 0 fully saturated rings. The number of anilines is 2. The van der Waals surface area contributed by atoms with Crippen molar-refractivity contribution in [2.75, 3.05) is 23.4 Å². The summed E-state index contributed by atoms with van der Waals surface area (Å²) in [5, 5.41) is 2.82. The van der Waals surface area contributed by atoms with Crippen molar-refractivity contribution < 1.29 is 23.9 Å². The van der Waals surface area contributed by atoms with Gasteiger partial charge in [-0.1, -0.05) is 30.3 Å². The highest BCUT2D eigenvalue weighted by atomic mass is 16.5. The maximum Gasteiger partial charge on any atom is 0.265 e. The summed E-state index contributed by atoms with van der Waals surface area (Å²) in [5.74, 6) is 0.133. The van der Waals surface area contributed by atoms with Crippen LogP contribution in [0.4, 0.5) is 11.4 Å². The van der Waals surface area contributed by atoms with Gasteiger partial charge < -0.3 is 14.8 Å². The number of hydrogen-bond donors (Lipinski definition) is 1. The largest absolute Gasteiger partial charge is 0.485 e. The molecule has 7 nitrogen and oxygen atoms in total. The second kappa shape index (κ2) is 9.79. The van der Waals surface area contributed by atoms with E-state index >= 15 is 0 Å². The number of benzene rings is 3. The summed E-state index contributed by atoms with van der Waals surface area (Å²) in [5.41, 5.74) is 3.43. The van der Waals surface area contributed by atoms with Crippen LogP contribution in [0, 0.1) is 13.8 Å². The summed E-state index contributed by atoms with van der Waals surface area (Å²) in [4.78, 5) is 39.9. The van der Waals surface area contributed by atoms with E-state index in [1.165, 1.54) is 4.90 Å². The zero-order valence-corrected chi connectivity index (χ0v) is 19.3. The molecule has 3 aromatic carbocycles. The van der Waals surface area contributed by atoms with Gasteiger partial charge in [0.1, 0.15) is 17.5 Å². The highest BCUT2D eigenvalue weighted by molar-refractivity contribution is 6.08. The van der Waals surface area contributed by atoms with Crippen LogP contribution in [0.5, 0.6) is 11.5 Å². The number of ketones is 1. The highest BCUT2D eigenvalue weighted by Gasteiger charge is 2.33. The molecule has 1 aliphatic heterocycles. The van der Waals surface area contributed by atoms with Gasteiger partial charge in [-0.2, -0.15) is 0 Å². The molecule has 174 valence electrons. The maximum atomic E-state index is 12.9. The van der Waals surface area contributed by atoms with Crippen LogP contribution in [0.2, 0.25) is 0 Å². The quantitative estimate of drug-likeness (QED) is 0.533. The van der Waals surface area contributed by atoms with Gasteiger partial charge in [-0.3, -0.25) is 19.3 Å². The summed E-state index contributed by atoms with van der Waals surface area (Å²) in [6, 6.07) is 18.7. The van der Waals surface area contributed by atoms with Crippen LogP contribution in [0.1, 0.15) is 28.4 Å². The van der Waals surface area contributed by atoms with Crippen molar-refractivity contribution in [3.05, 3.63) is 83.4 Å². The van der Waals surface area contributed by atoms with Gasteiger partial charge >= 0.3 is 0 Å². The van der Waals surface area contributed by atoms with E-state index in [1.54, 1.807) is 37.3 Å². The Labute approximate surface area is 198 Å². The maximum absolute atomic E-state index is 12.9. The number of carbonyl (C=O) groups is 3. The Bertz CT molecular complexity index is 1240. The molecular weight excluding hydrogens is 432 g/mol. The molecule has 0 saturated heterocycles. The van der Waals surface area contributed by atoms with Crippen molar-refractivity contribution in [1.82, 2.24) is 0 Å². The first-order valence-electron chi connectivity index (χ1n) is 11.0. The lowest BCUT2D eigenvalue weighted by molar-refractivity contribution is -0.125. The van der Waals surface area contributed by atoms with Crippen molar-refractivity contribution in [2.45, 2.75) is 26.8 Å². The number of para-hydroxylation sites is 1. The number of nitrogens with zero attached hydrogens (tertiary/aromatic N) is 1. The van der Waals surface area contributed by atoms with E-state index in [-0.39, 0.29) is 30.8 Å². The second-order valence-electron chi connectivity index (χ2n) is 8.18. The Morgan fingerprint density at radius 3 is 2.59 bits per heavy atom. The minimum atomic E-state index is -0.813. The normalized spacial score (nSPS) is 13.5. The van der Waals surface area contributed by atoms with Crippen LogP contribution >= 0.6 is 0 Å². The van der Waals surface area contributed by atoms with Gasteiger partial charge in [-0.15, -0.1) is 0 Å². The van der Waals surface area contributed by atoms with Crippen molar-refractivity contribution in [3.63, 3.8) is 0 Å². The van der Waals surface area contributed by atoms with Crippen LogP contribution in [-0.2, 0) is 9.59 Å². The lowest BCUT2D eigenvalue weighted by atomic mass is 10.1. The minimum Gasteiger partial charge on any atom is -0.485 e. The monoisotopic (exact) mass is 458 g/mol. The third-order valence-corrected chi connectivity index (χ3v) is 5.88. The third kappa shape index (κ3) is 4.78. The van der Waals surface area contributed by atoms with Gasteiger partial charge in [-0.05, 0) is 68.3 Å². The number of amides is 2. The summed E-state index contributed by atoms with van der Waals surface area (Å²) in [7, 11) is 0. The molecule has 4 rings (SSSR count). The van der Waals surface area contributed by atoms with Crippen LogP contribution in [0.25, 0.3) is 0 Å². The molecule has 1 atom stereocenters. The molecule has 0 aromatic heterocycles.